The molecule has 8 heteroatoms. The quantitative estimate of drug-likeness (QED) is 0.882. The number of carbonyl (C=O) groups is 2. The van der Waals surface area contributed by atoms with Crippen LogP contribution in [0.15, 0.2) is 18.2 Å². The molecule has 1 unspecified atom stereocenters. The number of fused-ring (bicyclic) bond motifs is 1. The number of aryl methyl sites for hydroxylation is 2. The molecule has 1 aromatic heterocycles. The third-order valence-corrected chi connectivity index (χ3v) is 5.11. The SMILES string of the molecule is Cc1nc(CNC(=O)Nc2ccc3c(c2)N(C)C(=O)C(C)O3)sc1C. The molecular weight excluding hydrogens is 340 g/mol. The second-order valence-electron chi connectivity index (χ2n) is 5.90. The molecule has 1 aliphatic rings. The normalized spacial score (nSPS) is 16.2. The summed E-state index contributed by atoms with van der Waals surface area (Å²) in [5.74, 6) is 0.498. The van der Waals surface area contributed by atoms with Gasteiger partial charge in [-0.3, -0.25) is 4.79 Å². The number of likely N-dealkylation sites (N-methyl/N-ethyl adjacent to an activating group) is 1. The van der Waals surface area contributed by atoms with Gasteiger partial charge in [-0.1, -0.05) is 0 Å². The van der Waals surface area contributed by atoms with Crippen molar-refractivity contribution in [3.05, 3.63) is 33.8 Å². The van der Waals surface area contributed by atoms with Crippen LogP contribution in [0.4, 0.5) is 16.2 Å². The fourth-order valence-electron chi connectivity index (χ4n) is 2.54. The smallest absolute Gasteiger partial charge is 0.319 e. The van der Waals surface area contributed by atoms with Gasteiger partial charge >= 0.3 is 6.03 Å². The summed E-state index contributed by atoms with van der Waals surface area (Å²) in [4.78, 5) is 31.2. The van der Waals surface area contributed by atoms with Crippen molar-refractivity contribution in [1.29, 1.82) is 0 Å². The van der Waals surface area contributed by atoms with Gasteiger partial charge in [0.25, 0.3) is 5.91 Å². The first kappa shape index (κ1) is 17.2. The Labute approximate surface area is 150 Å². The van der Waals surface area contributed by atoms with E-state index in [1.54, 1.807) is 43.5 Å². The second-order valence-corrected chi connectivity index (χ2v) is 7.18. The molecular formula is C17H20N4O3S. The molecule has 0 saturated heterocycles. The fourth-order valence-corrected chi connectivity index (χ4v) is 3.41. The Bertz CT molecular complexity index is 814. The number of carbonyl (C=O) groups excluding carboxylic acids is 2. The highest BCUT2D eigenvalue weighted by molar-refractivity contribution is 7.11. The van der Waals surface area contributed by atoms with E-state index >= 15 is 0 Å². The van der Waals surface area contributed by atoms with E-state index in [9.17, 15) is 9.59 Å². The monoisotopic (exact) mass is 360 g/mol. The Morgan fingerprint density at radius 3 is 2.84 bits per heavy atom. The van der Waals surface area contributed by atoms with Crippen LogP contribution >= 0.6 is 11.3 Å². The van der Waals surface area contributed by atoms with Crippen molar-refractivity contribution in [2.75, 3.05) is 17.3 Å². The van der Waals surface area contributed by atoms with E-state index in [2.05, 4.69) is 15.6 Å². The van der Waals surface area contributed by atoms with Crippen LogP contribution in [0.3, 0.4) is 0 Å². The van der Waals surface area contributed by atoms with Crippen LogP contribution in [-0.2, 0) is 11.3 Å². The van der Waals surface area contributed by atoms with Gasteiger partial charge in [-0.25, -0.2) is 9.78 Å². The Hall–Kier alpha value is -2.61. The molecule has 2 aromatic rings. The summed E-state index contributed by atoms with van der Waals surface area (Å²) in [7, 11) is 1.69. The maximum atomic E-state index is 12.1. The standard InChI is InChI=1S/C17H20N4O3S/c1-9-11(3)25-15(19-9)8-18-17(23)20-12-5-6-14-13(7-12)21(4)16(22)10(2)24-14/h5-7,10H,8H2,1-4H3,(H2,18,20,23). The van der Waals surface area contributed by atoms with Crippen molar-refractivity contribution in [3.8, 4) is 5.75 Å². The predicted molar refractivity (Wildman–Crippen MR) is 97.4 cm³/mol. The molecule has 3 rings (SSSR count). The Kier molecular flexibility index (Phi) is 4.63. The molecule has 1 atom stereocenters. The minimum atomic E-state index is -0.509. The number of rotatable bonds is 3. The van der Waals surface area contributed by atoms with Gasteiger partial charge in [0.15, 0.2) is 6.10 Å². The van der Waals surface area contributed by atoms with Gasteiger partial charge in [-0.2, -0.15) is 0 Å². The molecule has 0 aliphatic carbocycles. The number of amides is 3. The largest absolute Gasteiger partial charge is 0.479 e. The maximum Gasteiger partial charge on any atom is 0.319 e. The molecule has 1 aliphatic heterocycles. The van der Waals surface area contributed by atoms with Gasteiger partial charge in [0.2, 0.25) is 0 Å². The molecule has 2 N–H and O–H groups in total. The average Bonchev–Trinajstić information content (AvgIpc) is 2.90. The highest BCUT2D eigenvalue weighted by atomic mass is 32.1. The van der Waals surface area contributed by atoms with E-state index in [1.807, 2.05) is 13.8 Å². The summed E-state index contributed by atoms with van der Waals surface area (Å²) in [5, 5.41) is 6.41. The third kappa shape index (κ3) is 3.58. The molecule has 0 fully saturated rings. The molecule has 25 heavy (non-hydrogen) atoms. The lowest BCUT2D eigenvalue weighted by atomic mass is 10.2. The number of nitrogens with zero attached hydrogens (tertiary/aromatic N) is 2. The average molecular weight is 360 g/mol. The van der Waals surface area contributed by atoms with E-state index in [1.165, 1.54) is 4.90 Å². The molecule has 0 spiro atoms. The number of ether oxygens (including phenoxy) is 1. The Balaban J connectivity index is 1.65. The van der Waals surface area contributed by atoms with Crippen molar-refractivity contribution in [1.82, 2.24) is 10.3 Å². The molecule has 1 aromatic carbocycles. The predicted octanol–water partition coefficient (Wildman–Crippen LogP) is 2.83. The zero-order valence-electron chi connectivity index (χ0n) is 14.5. The van der Waals surface area contributed by atoms with E-state index < -0.39 is 6.10 Å². The molecule has 2 heterocycles. The minimum Gasteiger partial charge on any atom is -0.479 e. The number of aromatic nitrogens is 1. The van der Waals surface area contributed by atoms with Crippen molar-refractivity contribution in [2.24, 2.45) is 0 Å². The lowest BCUT2D eigenvalue weighted by Gasteiger charge is -2.30. The highest BCUT2D eigenvalue weighted by Crippen LogP contribution is 2.35. The first-order chi connectivity index (χ1) is 11.8. The van der Waals surface area contributed by atoms with Gasteiger partial charge in [-0.15, -0.1) is 11.3 Å². The number of thiazole rings is 1. The van der Waals surface area contributed by atoms with Crippen LogP contribution in [0.25, 0.3) is 0 Å². The van der Waals surface area contributed by atoms with Crippen molar-refractivity contribution >= 4 is 34.6 Å². The molecule has 0 saturated carbocycles. The zero-order valence-corrected chi connectivity index (χ0v) is 15.4. The number of benzene rings is 1. The summed E-state index contributed by atoms with van der Waals surface area (Å²) in [6.07, 6.45) is -0.509. The molecule has 132 valence electrons. The summed E-state index contributed by atoms with van der Waals surface area (Å²) in [6.45, 7) is 6.03. The van der Waals surface area contributed by atoms with Gasteiger partial charge in [0.05, 0.1) is 17.9 Å². The van der Waals surface area contributed by atoms with Crippen molar-refractivity contribution in [2.45, 2.75) is 33.4 Å². The second kappa shape index (κ2) is 6.72. The molecule has 3 amide bonds. The topological polar surface area (TPSA) is 83.6 Å². The number of urea groups is 1. The number of hydrogen-bond acceptors (Lipinski definition) is 5. The van der Waals surface area contributed by atoms with Crippen LogP contribution in [0.1, 0.15) is 22.5 Å². The number of hydrogen-bond donors (Lipinski definition) is 2. The first-order valence-electron chi connectivity index (χ1n) is 7.91. The lowest BCUT2D eigenvalue weighted by molar-refractivity contribution is -0.125. The van der Waals surface area contributed by atoms with Crippen LogP contribution in [-0.4, -0.2) is 30.1 Å². The van der Waals surface area contributed by atoms with E-state index in [0.29, 0.717) is 23.7 Å². The zero-order chi connectivity index (χ0) is 18.1. The van der Waals surface area contributed by atoms with Gasteiger partial charge < -0.3 is 20.3 Å². The van der Waals surface area contributed by atoms with Crippen LogP contribution in [0.2, 0.25) is 0 Å². The van der Waals surface area contributed by atoms with Gasteiger partial charge in [0, 0.05) is 17.6 Å². The minimum absolute atomic E-state index is 0.122. The number of anilines is 2. The van der Waals surface area contributed by atoms with Crippen LogP contribution < -0.4 is 20.3 Å². The first-order valence-corrected chi connectivity index (χ1v) is 8.73. The lowest BCUT2D eigenvalue weighted by Crippen LogP contribution is -2.42. The maximum absolute atomic E-state index is 12.1. The summed E-state index contributed by atoms with van der Waals surface area (Å²) in [6, 6.07) is 4.88. The fraction of sp³-hybridized carbons (Fsp3) is 0.353. The van der Waals surface area contributed by atoms with E-state index in [-0.39, 0.29) is 11.9 Å². The van der Waals surface area contributed by atoms with E-state index in [0.717, 1.165) is 15.6 Å². The van der Waals surface area contributed by atoms with Crippen LogP contribution in [0.5, 0.6) is 5.75 Å². The highest BCUT2D eigenvalue weighted by Gasteiger charge is 2.29. The van der Waals surface area contributed by atoms with Crippen molar-refractivity contribution < 1.29 is 14.3 Å². The Morgan fingerprint density at radius 2 is 2.16 bits per heavy atom. The van der Waals surface area contributed by atoms with Crippen molar-refractivity contribution in [3.63, 3.8) is 0 Å². The summed E-state index contributed by atoms with van der Waals surface area (Å²) >= 11 is 1.57. The summed E-state index contributed by atoms with van der Waals surface area (Å²) in [5.41, 5.74) is 2.20. The van der Waals surface area contributed by atoms with E-state index in [4.69, 9.17) is 4.74 Å². The Morgan fingerprint density at radius 1 is 1.40 bits per heavy atom. The van der Waals surface area contributed by atoms with Gasteiger partial charge in [0.1, 0.15) is 10.8 Å². The molecule has 0 bridgehead atoms. The number of nitrogens with one attached hydrogen (secondary N) is 2. The van der Waals surface area contributed by atoms with Gasteiger partial charge in [-0.05, 0) is 39.0 Å². The molecule has 0 radical (unpaired) electrons. The molecule has 7 nitrogen and oxygen atoms in total. The summed E-state index contributed by atoms with van der Waals surface area (Å²) < 4.78 is 5.57. The third-order valence-electron chi connectivity index (χ3n) is 4.03. The van der Waals surface area contributed by atoms with Crippen LogP contribution in [0, 0.1) is 13.8 Å².